The largest absolute Gasteiger partial charge is 0.390 e. The second-order valence-electron chi connectivity index (χ2n) is 6.40. The first-order valence-electron chi connectivity index (χ1n) is 8.90. The van der Waals surface area contributed by atoms with Gasteiger partial charge in [0.2, 0.25) is 0 Å². The Hall–Kier alpha value is -1.77. The fraction of sp³-hybridized carbons (Fsp3) is 0.611. The Balaban J connectivity index is 2.88. The SMILES string of the molecule is CCNC(=NCCC(F)(F)F)NC(CC)CS(=O)(=O)c1ccc(C)c(C)c1. The van der Waals surface area contributed by atoms with Gasteiger partial charge in [0.15, 0.2) is 15.8 Å². The molecule has 1 atom stereocenters. The zero-order valence-corrected chi connectivity index (χ0v) is 17.0. The first kappa shape index (κ1) is 23.3. The third-order valence-electron chi connectivity index (χ3n) is 4.10. The van der Waals surface area contributed by atoms with Crippen LogP contribution in [0, 0.1) is 13.8 Å². The molecule has 5 nitrogen and oxygen atoms in total. The quantitative estimate of drug-likeness (QED) is 0.512. The lowest BCUT2D eigenvalue weighted by atomic mass is 10.1. The summed E-state index contributed by atoms with van der Waals surface area (Å²) in [5, 5.41) is 5.79. The van der Waals surface area contributed by atoms with E-state index in [1.54, 1.807) is 25.1 Å². The first-order chi connectivity index (χ1) is 12.5. The summed E-state index contributed by atoms with van der Waals surface area (Å²) < 4.78 is 62.3. The molecule has 0 bridgehead atoms. The van der Waals surface area contributed by atoms with Crippen LogP contribution in [0.4, 0.5) is 13.2 Å². The van der Waals surface area contributed by atoms with E-state index in [4.69, 9.17) is 0 Å². The zero-order chi connectivity index (χ0) is 20.7. The number of benzene rings is 1. The van der Waals surface area contributed by atoms with Crippen molar-refractivity contribution in [1.29, 1.82) is 0 Å². The van der Waals surface area contributed by atoms with Crippen molar-refractivity contribution in [2.24, 2.45) is 4.99 Å². The van der Waals surface area contributed by atoms with Crippen LogP contribution in [0.3, 0.4) is 0 Å². The van der Waals surface area contributed by atoms with Gasteiger partial charge in [-0.15, -0.1) is 0 Å². The topological polar surface area (TPSA) is 70.6 Å². The van der Waals surface area contributed by atoms with Crippen LogP contribution in [0.5, 0.6) is 0 Å². The van der Waals surface area contributed by atoms with E-state index in [1.807, 2.05) is 20.8 Å². The van der Waals surface area contributed by atoms with Crippen LogP contribution in [0.15, 0.2) is 28.1 Å². The molecule has 1 rings (SSSR count). The molecule has 9 heteroatoms. The van der Waals surface area contributed by atoms with Crippen LogP contribution in [0.1, 0.15) is 37.8 Å². The molecule has 0 aliphatic heterocycles. The van der Waals surface area contributed by atoms with Gasteiger partial charge in [-0.2, -0.15) is 13.2 Å². The molecule has 0 aliphatic rings. The van der Waals surface area contributed by atoms with Crippen molar-refractivity contribution in [3.8, 4) is 0 Å². The fourth-order valence-electron chi connectivity index (χ4n) is 2.34. The molecule has 0 amide bonds. The van der Waals surface area contributed by atoms with Gasteiger partial charge in [-0.25, -0.2) is 8.42 Å². The number of alkyl halides is 3. The number of nitrogens with zero attached hydrogens (tertiary/aromatic N) is 1. The van der Waals surface area contributed by atoms with E-state index in [9.17, 15) is 21.6 Å². The molecule has 0 radical (unpaired) electrons. The average molecular weight is 408 g/mol. The summed E-state index contributed by atoms with van der Waals surface area (Å²) in [6, 6.07) is 4.51. The molecule has 1 unspecified atom stereocenters. The minimum atomic E-state index is -4.28. The van der Waals surface area contributed by atoms with Crippen LogP contribution in [0.2, 0.25) is 0 Å². The van der Waals surface area contributed by atoms with Gasteiger partial charge >= 0.3 is 6.18 Å². The molecule has 0 aliphatic carbocycles. The summed E-state index contributed by atoms with van der Waals surface area (Å²) in [5.74, 6) is 0.0132. The highest BCUT2D eigenvalue weighted by Gasteiger charge is 2.26. The van der Waals surface area contributed by atoms with E-state index in [2.05, 4.69) is 15.6 Å². The van der Waals surface area contributed by atoms with Crippen molar-refractivity contribution >= 4 is 15.8 Å². The molecule has 154 valence electrons. The van der Waals surface area contributed by atoms with Crippen LogP contribution >= 0.6 is 0 Å². The Kier molecular flexibility index (Phi) is 8.59. The monoisotopic (exact) mass is 407 g/mol. The van der Waals surface area contributed by atoms with Gasteiger partial charge in [0.25, 0.3) is 0 Å². The summed E-state index contributed by atoms with van der Waals surface area (Å²) in [6.07, 6.45) is -4.83. The standard InChI is InChI=1S/C18H28F3N3O2S/c1-5-15(24-17(22-6-2)23-10-9-18(19,20)21)12-27(25,26)16-8-7-13(3)14(4)11-16/h7-8,11,15H,5-6,9-10,12H2,1-4H3,(H2,22,23,24). The molecule has 2 N–H and O–H groups in total. The molecular weight excluding hydrogens is 379 g/mol. The van der Waals surface area contributed by atoms with Crippen molar-refractivity contribution in [3.05, 3.63) is 29.3 Å². The number of aliphatic imine (C=N–C) groups is 1. The normalized spacial score (nSPS) is 14.1. The van der Waals surface area contributed by atoms with E-state index in [-0.39, 0.29) is 16.6 Å². The first-order valence-corrected chi connectivity index (χ1v) is 10.5. The molecule has 1 aromatic rings. The van der Waals surface area contributed by atoms with Gasteiger partial charge in [0.1, 0.15) is 0 Å². The predicted octanol–water partition coefficient (Wildman–Crippen LogP) is 3.36. The second kappa shape index (κ2) is 9.96. The maximum Gasteiger partial charge on any atom is 0.390 e. The molecule has 0 saturated heterocycles. The van der Waals surface area contributed by atoms with Crippen molar-refractivity contribution in [1.82, 2.24) is 10.6 Å². The van der Waals surface area contributed by atoms with Crippen LogP contribution in [0.25, 0.3) is 0 Å². The van der Waals surface area contributed by atoms with Crippen LogP contribution in [-0.2, 0) is 9.84 Å². The number of nitrogens with one attached hydrogen (secondary N) is 2. The van der Waals surface area contributed by atoms with Crippen molar-refractivity contribution in [3.63, 3.8) is 0 Å². The third-order valence-corrected chi connectivity index (χ3v) is 5.91. The third kappa shape index (κ3) is 8.19. The van der Waals surface area contributed by atoms with E-state index >= 15 is 0 Å². The number of aryl methyl sites for hydroxylation is 2. The zero-order valence-electron chi connectivity index (χ0n) is 16.2. The van der Waals surface area contributed by atoms with Gasteiger partial charge < -0.3 is 10.6 Å². The minimum Gasteiger partial charge on any atom is -0.357 e. The maximum atomic E-state index is 12.7. The highest BCUT2D eigenvalue weighted by molar-refractivity contribution is 7.91. The number of halogens is 3. The molecule has 0 spiro atoms. The molecular formula is C18H28F3N3O2S. The lowest BCUT2D eigenvalue weighted by Gasteiger charge is -2.20. The molecule has 1 aromatic carbocycles. The summed E-state index contributed by atoms with van der Waals surface area (Å²) >= 11 is 0. The molecule has 0 saturated carbocycles. The van der Waals surface area contributed by atoms with Gasteiger partial charge in [-0.3, -0.25) is 4.99 Å². The number of rotatable bonds is 8. The van der Waals surface area contributed by atoms with Gasteiger partial charge in [-0.1, -0.05) is 13.0 Å². The van der Waals surface area contributed by atoms with Crippen molar-refractivity contribution in [2.45, 2.75) is 57.7 Å². The Bertz CT molecular complexity index is 747. The highest BCUT2D eigenvalue weighted by Crippen LogP contribution is 2.19. The average Bonchev–Trinajstić information content (AvgIpc) is 2.55. The molecule has 0 heterocycles. The number of hydrogen-bond acceptors (Lipinski definition) is 3. The predicted molar refractivity (Wildman–Crippen MR) is 102 cm³/mol. The van der Waals surface area contributed by atoms with Gasteiger partial charge in [-0.05, 0) is 50.5 Å². The highest BCUT2D eigenvalue weighted by atomic mass is 32.2. The fourth-order valence-corrected chi connectivity index (χ4v) is 4.01. The Morgan fingerprint density at radius 3 is 2.37 bits per heavy atom. The Morgan fingerprint density at radius 2 is 1.85 bits per heavy atom. The summed E-state index contributed by atoms with van der Waals surface area (Å²) in [5.41, 5.74) is 1.89. The number of guanidine groups is 1. The maximum absolute atomic E-state index is 12.7. The molecule has 0 aromatic heterocycles. The molecule has 27 heavy (non-hydrogen) atoms. The molecule has 0 fully saturated rings. The van der Waals surface area contributed by atoms with E-state index in [0.29, 0.717) is 13.0 Å². The summed E-state index contributed by atoms with van der Waals surface area (Å²) in [4.78, 5) is 4.14. The van der Waals surface area contributed by atoms with E-state index < -0.39 is 35.0 Å². The van der Waals surface area contributed by atoms with Crippen LogP contribution in [-0.4, -0.2) is 45.4 Å². The lowest BCUT2D eigenvalue weighted by molar-refractivity contribution is -0.132. The second-order valence-corrected chi connectivity index (χ2v) is 8.44. The minimum absolute atomic E-state index is 0.171. The van der Waals surface area contributed by atoms with Gasteiger partial charge in [0, 0.05) is 12.6 Å². The number of hydrogen-bond donors (Lipinski definition) is 2. The van der Waals surface area contributed by atoms with Crippen molar-refractivity contribution < 1.29 is 21.6 Å². The van der Waals surface area contributed by atoms with Gasteiger partial charge in [0.05, 0.1) is 23.6 Å². The lowest BCUT2D eigenvalue weighted by Crippen LogP contribution is -2.46. The van der Waals surface area contributed by atoms with E-state index in [1.165, 1.54) is 0 Å². The Morgan fingerprint density at radius 1 is 1.19 bits per heavy atom. The Labute approximate surface area is 159 Å². The van der Waals surface area contributed by atoms with E-state index in [0.717, 1.165) is 11.1 Å². The smallest absolute Gasteiger partial charge is 0.357 e. The van der Waals surface area contributed by atoms with Crippen molar-refractivity contribution in [2.75, 3.05) is 18.8 Å². The summed E-state index contributed by atoms with van der Waals surface area (Å²) in [7, 11) is -3.54. The summed E-state index contributed by atoms with van der Waals surface area (Å²) in [6.45, 7) is 7.39. The number of sulfone groups is 1. The van der Waals surface area contributed by atoms with Crippen LogP contribution < -0.4 is 10.6 Å².